The lowest BCUT2D eigenvalue weighted by Gasteiger charge is -2.26. The summed E-state index contributed by atoms with van der Waals surface area (Å²) in [6.07, 6.45) is 5.43. The smallest absolute Gasteiger partial charge is 0.131 e. The van der Waals surface area contributed by atoms with Gasteiger partial charge in [-0.2, -0.15) is 0 Å². The Morgan fingerprint density at radius 1 is 1.17 bits per heavy atom. The third kappa shape index (κ3) is 3.59. The van der Waals surface area contributed by atoms with E-state index in [1.807, 2.05) is 20.0 Å². The summed E-state index contributed by atoms with van der Waals surface area (Å²) in [7, 11) is 1.88. The average molecular weight is 248 g/mol. The first kappa shape index (κ1) is 13.1. The summed E-state index contributed by atoms with van der Waals surface area (Å²) in [5, 5.41) is 6.51. The van der Waals surface area contributed by atoms with Gasteiger partial charge in [0.2, 0.25) is 0 Å². The van der Waals surface area contributed by atoms with E-state index in [2.05, 4.69) is 27.5 Å². The monoisotopic (exact) mass is 248 g/mol. The minimum atomic E-state index is 0.800. The van der Waals surface area contributed by atoms with E-state index < -0.39 is 0 Å². The molecule has 1 aliphatic rings. The predicted molar refractivity (Wildman–Crippen MR) is 75.9 cm³/mol. The van der Waals surface area contributed by atoms with Crippen LogP contribution in [0.2, 0.25) is 0 Å². The maximum absolute atomic E-state index is 4.42. The summed E-state index contributed by atoms with van der Waals surface area (Å²) in [6, 6.07) is 1.97. The molecule has 2 N–H and O–H groups in total. The van der Waals surface area contributed by atoms with Gasteiger partial charge in [-0.1, -0.05) is 19.8 Å². The molecule has 0 aromatic carbocycles. The minimum Gasteiger partial charge on any atom is -0.373 e. The lowest BCUT2D eigenvalue weighted by Crippen LogP contribution is -2.20. The number of anilines is 2. The third-order valence-electron chi connectivity index (χ3n) is 3.80. The normalized spacial score (nSPS) is 23.7. The molecule has 0 radical (unpaired) electrons. The Kier molecular flexibility index (Phi) is 4.39. The summed E-state index contributed by atoms with van der Waals surface area (Å²) < 4.78 is 0. The van der Waals surface area contributed by atoms with Gasteiger partial charge in [-0.05, 0) is 31.6 Å². The van der Waals surface area contributed by atoms with Crippen LogP contribution in [-0.4, -0.2) is 23.6 Å². The van der Waals surface area contributed by atoms with Gasteiger partial charge >= 0.3 is 0 Å². The van der Waals surface area contributed by atoms with Crippen LogP contribution < -0.4 is 10.6 Å². The van der Waals surface area contributed by atoms with E-state index in [1.165, 1.54) is 25.7 Å². The number of hydrogen-bond acceptors (Lipinski definition) is 4. The van der Waals surface area contributed by atoms with Gasteiger partial charge in [-0.25, -0.2) is 9.97 Å². The number of nitrogens with zero attached hydrogens (tertiary/aromatic N) is 2. The van der Waals surface area contributed by atoms with Crippen LogP contribution in [0, 0.1) is 18.8 Å². The molecule has 0 saturated heterocycles. The molecule has 0 atom stereocenters. The molecule has 1 saturated carbocycles. The quantitative estimate of drug-likeness (QED) is 0.860. The molecule has 4 heteroatoms. The highest BCUT2D eigenvalue weighted by atomic mass is 15.1. The largest absolute Gasteiger partial charge is 0.373 e. The first-order valence-corrected chi connectivity index (χ1v) is 6.94. The van der Waals surface area contributed by atoms with Gasteiger partial charge in [0.25, 0.3) is 0 Å². The van der Waals surface area contributed by atoms with Gasteiger partial charge in [-0.3, -0.25) is 0 Å². The van der Waals surface area contributed by atoms with Crippen molar-refractivity contribution in [1.29, 1.82) is 0 Å². The van der Waals surface area contributed by atoms with Crippen LogP contribution in [-0.2, 0) is 0 Å². The molecule has 4 nitrogen and oxygen atoms in total. The van der Waals surface area contributed by atoms with Crippen molar-refractivity contribution in [2.24, 2.45) is 11.8 Å². The number of nitrogens with one attached hydrogen (secondary N) is 2. The first-order chi connectivity index (χ1) is 8.67. The van der Waals surface area contributed by atoms with Crippen molar-refractivity contribution in [2.75, 3.05) is 24.2 Å². The van der Waals surface area contributed by atoms with Gasteiger partial charge in [0, 0.05) is 19.7 Å². The molecule has 0 amide bonds. The minimum absolute atomic E-state index is 0.800. The van der Waals surface area contributed by atoms with E-state index in [0.717, 1.165) is 35.8 Å². The van der Waals surface area contributed by atoms with Gasteiger partial charge in [-0.15, -0.1) is 0 Å². The molecule has 1 aliphatic carbocycles. The van der Waals surface area contributed by atoms with Crippen molar-refractivity contribution in [3.05, 3.63) is 11.9 Å². The van der Waals surface area contributed by atoms with Crippen molar-refractivity contribution >= 4 is 11.6 Å². The molecule has 100 valence electrons. The van der Waals surface area contributed by atoms with Crippen LogP contribution in [0.1, 0.15) is 38.4 Å². The van der Waals surface area contributed by atoms with E-state index in [4.69, 9.17) is 0 Å². The zero-order valence-corrected chi connectivity index (χ0v) is 11.7. The van der Waals surface area contributed by atoms with E-state index in [-0.39, 0.29) is 0 Å². The second-order valence-electron chi connectivity index (χ2n) is 5.44. The van der Waals surface area contributed by atoms with Crippen molar-refractivity contribution in [3.8, 4) is 0 Å². The zero-order valence-electron chi connectivity index (χ0n) is 11.7. The Hall–Kier alpha value is -1.32. The molecule has 0 bridgehead atoms. The molecule has 0 aliphatic heterocycles. The number of rotatable bonds is 4. The average Bonchev–Trinajstić information content (AvgIpc) is 2.37. The zero-order chi connectivity index (χ0) is 13.0. The summed E-state index contributed by atoms with van der Waals surface area (Å²) >= 11 is 0. The van der Waals surface area contributed by atoms with E-state index >= 15 is 0 Å². The molecular formula is C14H24N4. The maximum atomic E-state index is 4.42. The molecule has 18 heavy (non-hydrogen) atoms. The second kappa shape index (κ2) is 6.03. The van der Waals surface area contributed by atoms with Gasteiger partial charge in [0.05, 0.1) is 0 Å². The second-order valence-corrected chi connectivity index (χ2v) is 5.44. The fourth-order valence-electron chi connectivity index (χ4n) is 2.57. The van der Waals surface area contributed by atoms with Crippen LogP contribution >= 0.6 is 0 Å². The molecule has 0 spiro atoms. The van der Waals surface area contributed by atoms with Crippen molar-refractivity contribution in [3.63, 3.8) is 0 Å². The Balaban J connectivity index is 1.88. The molecule has 1 aromatic heterocycles. The van der Waals surface area contributed by atoms with Crippen LogP contribution in [0.25, 0.3) is 0 Å². The van der Waals surface area contributed by atoms with Crippen LogP contribution in [0.4, 0.5) is 11.6 Å². The van der Waals surface area contributed by atoms with Crippen LogP contribution in [0.5, 0.6) is 0 Å². The van der Waals surface area contributed by atoms with E-state index in [9.17, 15) is 0 Å². The molecule has 1 aromatic rings. The van der Waals surface area contributed by atoms with Crippen molar-refractivity contribution in [2.45, 2.75) is 39.5 Å². The predicted octanol–water partition coefficient (Wildman–Crippen LogP) is 3.06. The Morgan fingerprint density at radius 3 is 2.50 bits per heavy atom. The SMILES string of the molecule is CNc1cc(NCC2CCC(C)CC2)nc(C)n1. The number of hydrogen-bond donors (Lipinski definition) is 2. The lowest BCUT2D eigenvalue weighted by atomic mass is 9.83. The van der Waals surface area contributed by atoms with Crippen LogP contribution in [0.15, 0.2) is 6.07 Å². The summed E-state index contributed by atoms with van der Waals surface area (Å²) in [4.78, 5) is 8.71. The summed E-state index contributed by atoms with van der Waals surface area (Å²) in [5.74, 6) is 4.34. The summed E-state index contributed by atoms with van der Waals surface area (Å²) in [5.41, 5.74) is 0. The van der Waals surface area contributed by atoms with E-state index in [0.29, 0.717) is 0 Å². The Labute approximate surface area is 110 Å². The van der Waals surface area contributed by atoms with E-state index in [1.54, 1.807) is 0 Å². The van der Waals surface area contributed by atoms with Gasteiger partial charge in [0.15, 0.2) is 0 Å². The fourth-order valence-corrected chi connectivity index (χ4v) is 2.57. The number of aryl methyl sites for hydroxylation is 1. The fraction of sp³-hybridized carbons (Fsp3) is 0.714. The standard InChI is InChI=1S/C14H24N4/c1-10-4-6-12(7-5-10)9-16-14-8-13(15-3)17-11(2)18-14/h8,10,12H,4-7,9H2,1-3H3,(H2,15,16,17,18). The molecule has 2 rings (SSSR count). The van der Waals surface area contributed by atoms with Crippen molar-refractivity contribution < 1.29 is 0 Å². The maximum Gasteiger partial charge on any atom is 0.131 e. The number of aromatic nitrogens is 2. The molecular weight excluding hydrogens is 224 g/mol. The third-order valence-corrected chi connectivity index (χ3v) is 3.80. The Morgan fingerprint density at radius 2 is 1.83 bits per heavy atom. The highest BCUT2D eigenvalue weighted by Gasteiger charge is 2.17. The molecule has 1 fully saturated rings. The highest BCUT2D eigenvalue weighted by molar-refractivity contribution is 5.47. The molecule has 1 heterocycles. The molecule has 0 unspecified atom stereocenters. The van der Waals surface area contributed by atoms with Crippen LogP contribution in [0.3, 0.4) is 0 Å². The lowest BCUT2D eigenvalue weighted by molar-refractivity contribution is 0.300. The highest BCUT2D eigenvalue weighted by Crippen LogP contribution is 2.28. The topological polar surface area (TPSA) is 49.8 Å². The summed E-state index contributed by atoms with van der Waals surface area (Å²) in [6.45, 7) is 5.32. The van der Waals surface area contributed by atoms with Gasteiger partial charge in [0.1, 0.15) is 17.5 Å². The van der Waals surface area contributed by atoms with Crippen molar-refractivity contribution in [1.82, 2.24) is 9.97 Å². The first-order valence-electron chi connectivity index (χ1n) is 6.94. The van der Waals surface area contributed by atoms with Gasteiger partial charge < -0.3 is 10.6 Å². The Bertz CT molecular complexity index is 383.